The lowest BCUT2D eigenvalue weighted by Crippen LogP contribution is -2.53. The fourth-order valence-electron chi connectivity index (χ4n) is 4.77. The van der Waals surface area contributed by atoms with E-state index >= 15 is 0 Å². The Bertz CT molecular complexity index is 1200. The number of aromatic nitrogens is 1. The number of imide groups is 1. The Labute approximate surface area is 204 Å². The molecule has 2 aliphatic heterocycles. The molecule has 1 atom stereocenters. The first-order chi connectivity index (χ1) is 17.1. The number of hydrogen-bond donors (Lipinski definition) is 1. The van der Waals surface area contributed by atoms with Crippen molar-refractivity contribution in [2.24, 2.45) is 0 Å². The number of nitrogens with zero attached hydrogens (tertiary/aromatic N) is 4. The largest absolute Gasteiger partial charge is 0.336 e. The fraction of sp³-hybridized carbons (Fsp3) is 0.259. The molecule has 0 aliphatic carbocycles. The van der Waals surface area contributed by atoms with E-state index < -0.39 is 11.6 Å². The normalized spacial score (nSPS) is 20.7. The van der Waals surface area contributed by atoms with Crippen LogP contribution in [0.15, 0.2) is 85.2 Å². The summed E-state index contributed by atoms with van der Waals surface area (Å²) < 4.78 is 0. The van der Waals surface area contributed by atoms with Gasteiger partial charge >= 0.3 is 6.03 Å². The number of hydrogen-bond acceptors (Lipinski definition) is 5. The molecule has 2 saturated heterocycles. The molecule has 2 aromatic carbocycles. The Hall–Kier alpha value is -4.04. The summed E-state index contributed by atoms with van der Waals surface area (Å²) in [4.78, 5) is 48.7. The molecule has 0 saturated carbocycles. The lowest BCUT2D eigenvalue weighted by atomic mass is 9.83. The van der Waals surface area contributed by atoms with Crippen LogP contribution in [0.25, 0.3) is 0 Å². The van der Waals surface area contributed by atoms with Crippen LogP contribution in [0.4, 0.5) is 4.79 Å². The molecule has 4 amide bonds. The third-order valence-corrected chi connectivity index (χ3v) is 6.68. The van der Waals surface area contributed by atoms with Crippen molar-refractivity contribution in [3.63, 3.8) is 0 Å². The lowest BCUT2D eigenvalue weighted by molar-refractivity contribution is -0.133. The Morgan fingerprint density at radius 1 is 0.857 bits per heavy atom. The zero-order valence-electron chi connectivity index (χ0n) is 19.3. The summed E-state index contributed by atoms with van der Waals surface area (Å²) in [5.41, 5.74) is 1.18. The van der Waals surface area contributed by atoms with Gasteiger partial charge in [0.05, 0.1) is 6.67 Å². The first-order valence-corrected chi connectivity index (χ1v) is 11.7. The van der Waals surface area contributed by atoms with E-state index in [1.807, 2.05) is 65.6 Å². The predicted octanol–water partition coefficient (Wildman–Crippen LogP) is 2.49. The van der Waals surface area contributed by atoms with Gasteiger partial charge in [0, 0.05) is 50.6 Å². The second kappa shape index (κ2) is 9.68. The third kappa shape index (κ3) is 4.52. The summed E-state index contributed by atoms with van der Waals surface area (Å²) in [5, 5.41) is 3.01. The number of nitrogens with one attached hydrogen (secondary N) is 1. The second-order valence-corrected chi connectivity index (χ2v) is 8.88. The van der Waals surface area contributed by atoms with Gasteiger partial charge < -0.3 is 10.2 Å². The minimum Gasteiger partial charge on any atom is -0.336 e. The van der Waals surface area contributed by atoms with Crippen LogP contribution in [0.3, 0.4) is 0 Å². The zero-order valence-corrected chi connectivity index (χ0v) is 19.3. The number of amides is 4. The molecule has 2 fully saturated rings. The fourth-order valence-corrected chi connectivity index (χ4v) is 4.77. The number of urea groups is 1. The molecule has 0 unspecified atom stereocenters. The highest BCUT2D eigenvalue weighted by molar-refractivity contribution is 6.07. The summed E-state index contributed by atoms with van der Waals surface area (Å²) in [6.07, 6.45) is 3.58. The summed E-state index contributed by atoms with van der Waals surface area (Å²) in [7, 11) is 0. The van der Waals surface area contributed by atoms with Gasteiger partial charge in [0.1, 0.15) is 0 Å². The van der Waals surface area contributed by atoms with E-state index in [9.17, 15) is 14.4 Å². The summed E-state index contributed by atoms with van der Waals surface area (Å²) >= 11 is 0. The molecule has 0 radical (unpaired) electrons. The van der Waals surface area contributed by atoms with Crippen molar-refractivity contribution in [2.75, 3.05) is 32.8 Å². The smallest absolute Gasteiger partial charge is 0.326 e. The molecular formula is C27H27N5O3. The van der Waals surface area contributed by atoms with E-state index in [-0.39, 0.29) is 18.5 Å². The molecule has 8 heteroatoms. The minimum absolute atomic E-state index is 0.0343. The maximum Gasteiger partial charge on any atom is 0.326 e. The van der Waals surface area contributed by atoms with Gasteiger partial charge in [0.2, 0.25) is 0 Å². The van der Waals surface area contributed by atoms with Crippen molar-refractivity contribution in [3.05, 3.63) is 102 Å². The molecule has 35 heavy (non-hydrogen) atoms. The van der Waals surface area contributed by atoms with Crippen LogP contribution in [0, 0.1) is 0 Å². The topological polar surface area (TPSA) is 85.8 Å². The molecule has 3 aromatic rings. The maximum absolute atomic E-state index is 13.8. The van der Waals surface area contributed by atoms with E-state index in [1.165, 1.54) is 4.90 Å². The van der Waals surface area contributed by atoms with Crippen molar-refractivity contribution >= 4 is 17.8 Å². The van der Waals surface area contributed by atoms with Crippen molar-refractivity contribution in [3.8, 4) is 0 Å². The van der Waals surface area contributed by atoms with Gasteiger partial charge in [0.25, 0.3) is 11.8 Å². The Kier molecular flexibility index (Phi) is 6.29. The van der Waals surface area contributed by atoms with Gasteiger partial charge in [-0.25, -0.2) is 9.69 Å². The van der Waals surface area contributed by atoms with Gasteiger partial charge in [-0.1, -0.05) is 60.7 Å². The van der Waals surface area contributed by atoms with Crippen LogP contribution in [0.2, 0.25) is 0 Å². The highest BCUT2D eigenvalue weighted by atomic mass is 16.2. The molecule has 3 heterocycles. The van der Waals surface area contributed by atoms with Gasteiger partial charge in [-0.2, -0.15) is 0 Å². The van der Waals surface area contributed by atoms with E-state index in [2.05, 4.69) is 10.3 Å². The van der Waals surface area contributed by atoms with Crippen LogP contribution in [-0.2, 0) is 16.8 Å². The van der Waals surface area contributed by atoms with Crippen molar-refractivity contribution in [2.45, 2.75) is 12.0 Å². The Balaban J connectivity index is 1.30. The highest BCUT2D eigenvalue weighted by Gasteiger charge is 2.52. The Morgan fingerprint density at radius 2 is 1.49 bits per heavy atom. The van der Waals surface area contributed by atoms with Crippen LogP contribution >= 0.6 is 0 Å². The predicted molar refractivity (Wildman–Crippen MR) is 130 cm³/mol. The van der Waals surface area contributed by atoms with E-state index in [0.29, 0.717) is 38.2 Å². The van der Waals surface area contributed by atoms with E-state index in [0.717, 1.165) is 11.1 Å². The number of carbonyl (C=O) groups excluding carboxylic acids is 3. The van der Waals surface area contributed by atoms with E-state index in [1.54, 1.807) is 29.4 Å². The molecule has 0 spiro atoms. The molecule has 178 valence electrons. The van der Waals surface area contributed by atoms with Gasteiger partial charge in [0.15, 0.2) is 5.54 Å². The highest BCUT2D eigenvalue weighted by Crippen LogP contribution is 2.33. The number of benzene rings is 2. The number of carbonyl (C=O) groups is 3. The van der Waals surface area contributed by atoms with Gasteiger partial charge in [-0.3, -0.25) is 19.5 Å². The number of rotatable bonds is 6. The maximum atomic E-state index is 13.8. The standard InChI is InChI=1S/C27H27N5O3/c33-24(22-11-13-28-14-12-22)31-17-15-30(16-18-31)20-32-25(34)27(29-26(32)35,23-9-5-2-6-10-23)19-21-7-3-1-4-8-21/h1-14H,15-20H2,(H,29,35)/t27-/m1/s1. The van der Waals surface area contributed by atoms with Gasteiger partial charge in [-0.05, 0) is 23.3 Å². The quantitative estimate of drug-likeness (QED) is 0.561. The van der Waals surface area contributed by atoms with Gasteiger partial charge in [-0.15, -0.1) is 0 Å². The van der Waals surface area contributed by atoms with Crippen LogP contribution in [-0.4, -0.2) is 70.4 Å². The number of pyridine rings is 1. The Morgan fingerprint density at radius 3 is 2.14 bits per heavy atom. The van der Waals surface area contributed by atoms with Crippen LogP contribution < -0.4 is 5.32 Å². The average Bonchev–Trinajstić information content (AvgIpc) is 3.15. The average molecular weight is 470 g/mol. The zero-order chi connectivity index (χ0) is 24.3. The molecule has 0 bridgehead atoms. The summed E-state index contributed by atoms with van der Waals surface area (Å²) in [6, 6.07) is 22.1. The molecule has 5 rings (SSSR count). The SMILES string of the molecule is O=C(c1ccncc1)N1CCN(CN2C(=O)N[C@](Cc3ccccc3)(c3ccccc3)C2=O)CC1. The van der Waals surface area contributed by atoms with Crippen molar-refractivity contribution in [1.82, 2.24) is 25.0 Å². The summed E-state index contributed by atoms with van der Waals surface area (Å²) in [5.74, 6) is -0.291. The molecule has 8 nitrogen and oxygen atoms in total. The second-order valence-electron chi connectivity index (χ2n) is 8.88. The molecule has 2 aliphatic rings. The first kappa shape index (κ1) is 22.7. The summed E-state index contributed by atoms with van der Waals surface area (Å²) in [6.45, 7) is 2.39. The lowest BCUT2D eigenvalue weighted by Gasteiger charge is -2.36. The molecule has 1 N–H and O–H groups in total. The van der Waals surface area contributed by atoms with Crippen LogP contribution in [0.5, 0.6) is 0 Å². The number of piperazine rings is 1. The van der Waals surface area contributed by atoms with Crippen LogP contribution in [0.1, 0.15) is 21.5 Å². The molecule has 1 aromatic heterocycles. The van der Waals surface area contributed by atoms with E-state index in [4.69, 9.17) is 0 Å². The van der Waals surface area contributed by atoms with Crippen molar-refractivity contribution in [1.29, 1.82) is 0 Å². The monoisotopic (exact) mass is 469 g/mol. The first-order valence-electron chi connectivity index (χ1n) is 11.7. The molecular weight excluding hydrogens is 442 g/mol. The third-order valence-electron chi connectivity index (χ3n) is 6.68. The van der Waals surface area contributed by atoms with Crippen molar-refractivity contribution < 1.29 is 14.4 Å². The minimum atomic E-state index is -1.15.